The van der Waals surface area contributed by atoms with E-state index >= 15 is 0 Å². The topological polar surface area (TPSA) is 48.3 Å². The maximum absolute atomic E-state index is 12.4. The molecular formula is C19H20Cl2F3N3O. The van der Waals surface area contributed by atoms with Gasteiger partial charge in [0.25, 0.3) is 0 Å². The minimum absolute atomic E-state index is 0. The van der Waals surface area contributed by atoms with Crippen molar-refractivity contribution in [2.75, 3.05) is 26.2 Å². The number of rotatable bonds is 4. The summed E-state index contributed by atoms with van der Waals surface area (Å²) >= 11 is 0. The number of benzene rings is 2. The lowest BCUT2D eigenvalue weighted by atomic mass is 9.95. The first-order valence-corrected chi connectivity index (χ1v) is 8.27. The number of ether oxygens (including phenoxy) is 1. The molecule has 0 saturated carbocycles. The van der Waals surface area contributed by atoms with Crippen LogP contribution < -0.4 is 10.1 Å². The zero-order valence-corrected chi connectivity index (χ0v) is 16.4. The number of nitrogens with zero attached hydrogens (tertiary/aromatic N) is 2. The van der Waals surface area contributed by atoms with E-state index in [1.807, 2.05) is 12.1 Å². The molecule has 4 nitrogen and oxygen atoms in total. The average Bonchev–Trinajstić information content (AvgIpc) is 2.64. The SMILES string of the molecule is Cl.Cl.N#Cc1ccc([C@@H](c2ccc(OC(F)(F)F)cc2)N2CCNCC2)cc1. The number of alkyl halides is 3. The zero-order chi connectivity index (χ0) is 18.6. The van der Waals surface area contributed by atoms with Crippen LogP contribution in [0.3, 0.4) is 0 Å². The van der Waals surface area contributed by atoms with Crippen LogP contribution in [-0.4, -0.2) is 37.4 Å². The molecule has 0 spiro atoms. The van der Waals surface area contributed by atoms with Crippen LogP contribution in [0.5, 0.6) is 5.75 Å². The molecule has 28 heavy (non-hydrogen) atoms. The maximum Gasteiger partial charge on any atom is 0.573 e. The third-order valence-corrected chi connectivity index (χ3v) is 4.30. The lowest BCUT2D eigenvalue weighted by molar-refractivity contribution is -0.274. The van der Waals surface area contributed by atoms with Crippen molar-refractivity contribution in [1.82, 2.24) is 10.2 Å². The lowest BCUT2D eigenvalue weighted by Gasteiger charge is -2.35. The van der Waals surface area contributed by atoms with E-state index < -0.39 is 6.36 Å². The van der Waals surface area contributed by atoms with E-state index in [0.29, 0.717) is 5.56 Å². The van der Waals surface area contributed by atoms with Crippen LogP contribution in [0, 0.1) is 11.3 Å². The Morgan fingerprint density at radius 1 is 0.929 bits per heavy atom. The highest BCUT2D eigenvalue weighted by Crippen LogP contribution is 2.31. The van der Waals surface area contributed by atoms with Gasteiger partial charge in [0, 0.05) is 26.2 Å². The van der Waals surface area contributed by atoms with E-state index in [-0.39, 0.29) is 36.6 Å². The molecule has 1 atom stereocenters. The van der Waals surface area contributed by atoms with Crippen molar-refractivity contribution in [3.63, 3.8) is 0 Å². The Balaban J connectivity index is 0.00000196. The third kappa shape index (κ3) is 6.28. The van der Waals surface area contributed by atoms with Gasteiger partial charge in [-0.2, -0.15) is 5.26 Å². The van der Waals surface area contributed by atoms with Gasteiger partial charge in [0.2, 0.25) is 0 Å². The molecule has 0 amide bonds. The first-order valence-electron chi connectivity index (χ1n) is 8.27. The van der Waals surface area contributed by atoms with Crippen LogP contribution >= 0.6 is 24.8 Å². The highest BCUT2D eigenvalue weighted by atomic mass is 35.5. The fourth-order valence-electron chi connectivity index (χ4n) is 3.15. The highest BCUT2D eigenvalue weighted by molar-refractivity contribution is 5.85. The molecule has 9 heteroatoms. The van der Waals surface area contributed by atoms with E-state index in [2.05, 4.69) is 21.0 Å². The van der Waals surface area contributed by atoms with E-state index in [9.17, 15) is 13.2 Å². The molecular weight excluding hydrogens is 414 g/mol. The quantitative estimate of drug-likeness (QED) is 0.780. The van der Waals surface area contributed by atoms with Gasteiger partial charge in [-0.3, -0.25) is 4.90 Å². The van der Waals surface area contributed by atoms with Gasteiger partial charge < -0.3 is 10.1 Å². The first kappa shape index (κ1) is 24.1. The number of halogens is 5. The molecule has 1 heterocycles. The molecule has 1 aliphatic heterocycles. The lowest BCUT2D eigenvalue weighted by Crippen LogP contribution is -2.45. The molecule has 152 valence electrons. The first-order chi connectivity index (χ1) is 12.5. The van der Waals surface area contributed by atoms with Crippen molar-refractivity contribution >= 4 is 24.8 Å². The van der Waals surface area contributed by atoms with Gasteiger partial charge in [-0.25, -0.2) is 0 Å². The minimum atomic E-state index is -4.70. The van der Waals surface area contributed by atoms with Crippen LogP contribution in [0.25, 0.3) is 0 Å². The standard InChI is InChI=1S/C19H18F3N3O.2ClH/c20-19(21,22)26-17-7-5-16(6-8-17)18(25-11-9-24-10-12-25)15-3-1-14(13-23)2-4-15;;/h1-8,18,24H,9-12H2;2*1H/t18-;;/m0../s1. The number of hydrogen-bond donors (Lipinski definition) is 1. The number of nitrogens with one attached hydrogen (secondary N) is 1. The van der Waals surface area contributed by atoms with Gasteiger partial charge >= 0.3 is 6.36 Å². The molecule has 0 bridgehead atoms. The van der Waals surface area contributed by atoms with Crippen molar-refractivity contribution in [2.45, 2.75) is 12.4 Å². The Morgan fingerprint density at radius 2 is 1.43 bits per heavy atom. The van der Waals surface area contributed by atoms with E-state index in [1.165, 1.54) is 12.1 Å². The smallest absolute Gasteiger partial charge is 0.406 e. The Morgan fingerprint density at radius 3 is 1.89 bits per heavy atom. The summed E-state index contributed by atoms with van der Waals surface area (Å²) in [5, 5.41) is 12.3. The monoisotopic (exact) mass is 433 g/mol. The highest BCUT2D eigenvalue weighted by Gasteiger charge is 2.31. The summed E-state index contributed by atoms with van der Waals surface area (Å²) in [6.45, 7) is 3.35. The number of piperazine rings is 1. The second-order valence-electron chi connectivity index (χ2n) is 6.04. The van der Waals surface area contributed by atoms with Crippen LogP contribution in [0.2, 0.25) is 0 Å². The molecule has 2 aromatic rings. The van der Waals surface area contributed by atoms with E-state index in [4.69, 9.17) is 5.26 Å². The Labute approximate surface area is 174 Å². The Hall–Kier alpha value is -1.98. The number of nitriles is 1. The van der Waals surface area contributed by atoms with Crippen molar-refractivity contribution in [1.29, 1.82) is 5.26 Å². The fourth-order valence-corrected chi connectivity index (χ4v) is 3.15. The molecule has 1 saturated heterocycles. The molecule has 3 rings (SSSR count). The third-order valence-electron chi connectivity index (χ3n) is 4.30. The normalized spacial score (nSPS) is 15.5. The predicted molar refractivity (Wildman–Crippen MR) is 105 cm³/mol. The summed E-state index contributed by atoms with van der Waals surface area (Å²) in [4.78, 5) is 2.28. The second-order valence-corrected chi connectivity index (χ2v) is 6.04. The summed E-state index contributed by atoms with van der Waals surface area (Å²) in [5.74, 6) is -0.236. The summed E-state index contributed by atoms with van der Waals surface area (Å²) in [5.41, 5.74) is 2.45. The summed E-state index contributed by atoms with van der Waals surface area (Å²) in [6, 6.07) is 15.3. The fraction of sp³-hybridized carbons (Fsp3) is 0.316. The van der Waals surface area contributed by atoms with Gasteiger partial charge in [-0.1, -0.05) is 24.3 Å². The van der Waals surface area contributed by atoms with Gasteiger partial charge in [0.15, 0.2) is 0 Å². The van der Waals surface area contributed by atoms with Gasteiger partial charge in [0.1, 0.15) is 5.75 Å². The molecule has 0 unspecified atom stereocenters. The maximum atomic E-state index is 12.4. The van der Waals surface area contributed by atoms with Gasteiger partial charge in [-0.05, 0) is 35.4 Å². The molecule has 0 aliphatic carbocycles. The molecule has 1 aliphatic rings. The molecule has 0 aromatic heterocycles. The van der Waals surface area contributed by atoms with Crippen molar-refractivity contribution in [3.05, 3.63) is 65.2 Å². The summed E-state index contributed by atoms with van der Waals surface area (Å²) < 4.78 is 41.0. The van der Waals surface area contributed by atoms with Crippen LogP contribution in [0.15, 0.2) is 48.5 Å². The zero-order valence-electron chi connectivity index (χ0n) is 14.8. The van der Waals surface area contributed by atoms with Crippen LogP contribution in [0.1, 0.15) is 22.7 Å². The Kier molecular flexibility index (Phi) is 9.05. The second kappa shape index (κ2) is 10.5. The predicted octanol–water partition coefficient (Wildman–Crippen LogP) is 4.30. The molecule has 2 aromatic carbocycles. The summed E-state index contributed by atoms with van der Waals surface area (Å²) in [7, 11) is 0. The van der Waals surface area contributed by atoms with Crippen molar-refractivity contribution < 1.29 is 17.9 Å². The minimum Gasteiger partial charge on any atom is -0.406 e. The van der Waals surface area contributed by atoms with Gasteiger partial charge in [0.05, 0.1) is 17.7 Å². The van der Waals surface area contributed by atoms with E-state index in [0.717, 1.165) is 37.3 Å². The Bertz CT molecular complexity index is 771. The van der Waals surface area contributed by atoms with E-state index in [1.54, 1.807) is 24.3 Å². The van der Waals surface area contributed by atoms with Crippen LogP contribution in [0.4, 0.5) is 13.2 Å². The van der Waals surface area contributed by atoms with Crippen LogP contribution in [-0.2, 0) is 0 Å². The average molecular weight is 434 g/mol. The molecule has 0 radical (unpaired) electrons. The van der Waals surface area contributed by atoms with Gasteiger partial charge in [-0.15, -0.1) is 38.0 Å². The molecule has 1 fully saturated rings. The van der Waals surface area contributed by atoms with Crippen molar-refractivity contribution in [3.8, 4) is 11.8 Å². The summed E-state index contributed by atoms with van der Waals surface area (Å²) in [6.07, 6.45) is -4.70. The van der Waals surface area contributed by atoms with Crippen molar-refractivity contribution in [2.24, 2.45) is 0 Å². The largest absolute Gasteiger partial charge is 0.573 e. The molecule has 1 N–H and O–H groups in total. The number of hydrogen-bond acceptors (Lipinski definition) is 4.